The number of halogens is 2. The summed E-state index contributed by atoms with van der Waals surface area (Å²) in [6.07, 6.45) is 4.55. The monoisotopic (exact) mass is 232 g/mol. The Morgan fingerprint density at radius 1 is 1.38 bits per heavy atom. The zero-order valence-corrected chi connectivity index (χ0v) is 7.54. The molecule has 0 aliphatic heterocycles. The van der Waals surface area contributed by atoms with Crippen LogP contribution in [0.4, 0.5) is 0 Å². The summed E-state index contributed by atoms with van der Waals surface area (Å²) in [6.45, 7) is 0. The summed E-state index contributed by atoms with van der Waals surface area (Å²) in [5.41, 5.74) is 0. The molecular formula is C5H4Cl2Mo. The van der Waals surface area contributed by atoms with Gasteiger partial charge in [0, 0.05) is 32.5 Å². The Kier molecular flexibility index (Phi) is 4.06. The molecule has 0 saturated heterocycles. The number of hydrogen-bond acceptors (Lipinski definition) is 0. The third kappa shape index (κ3) is 1.93. The van der Waals surface area contributed by atoms with Gasteiger partial charge >= 0.3 is 0 Å². The first-order valence-electron chi connectivity index (χ1n) is 2.01. The maximum atomic E-state index is 5.55. The minimum atomic E-state index is 0. The first kappa shape index (κ1) is 8.75. The van der Waals surface area contributed by atoms with Crippen LogP contribution in [0.3, 0.4) is 0 Å². The van der Waals surface area contributed by atoms with Gasteiger partial charge in [-0.1, -0.05) is 29.3 Å². The van der Waals surface area contributed by atoms with Crippen molar-refractivity contribution in [2.45, 2.75) is 6.42 Å². The van der Waals surface area contributed by atoms with Crippen LogP contribution in [0.15, 0.2) is 22.2 Å². The third-order valence-corrected chi connectivity index (χ3v) is 1.63. The molecule has 0 amide bonds. The van der Waals surface area contributed by atoms with Crippen LogP contribution in [0.25, 0.3) is 0 Å². The van der Waals surface area contributed by atoms with E-state index in [1.807, 2.05) is 12.2 Å². The Balaban J connectivity index is 0.000000490. The normalized spacial score (nSPS) is 16.8. The van der Waals surface area contributed by atoms with E-state index in [4.69, 9.17) is 23.2 Å². The molecule has 0 aromatic heterocycles. The van der Waals surface area contributed by atoms with Gasteiger partial charge in [0.25, 0.3) is 0 Å². The van der Waals surface area contributed by atoms with E-state index in [0.717, 1.165) is 11.5 Å². The smallest absolute Gasteiger partial charge is 0.0551 e. The zero-order chi connectivity index (χ0) is 5.28. The quantitative estimate of drug-likeness (QED) is 0.562. The largest absolute Gasteiger partial charge is 0.0872 e. The van der Waals surface area contributed by atoms with Gasteiger partial charge in [0.05, 0.1) is 5.03 Å². The summed E-state index contributed by atoms with van der Waals surface area (Å²) in [5, 5.41) is 1.43. The van der Waals surface area contributed by atoms with E-state index in [9.17, 15) is 0 Å². The van der Waals surface area contributed by atoms with Crippen molar-refractivity contribution >= 4 is 23.2 Å². The maximum absolute atomic E-state index is 5.55. The van der Waals surface area contributed by atoms with Crippen molar-refractivity contribution in [3.63, 3.8) is 0 Å². The first-order valence-corrected chi connectivity index (χ1v) is 2.77. The van der Waals surface area contributed by atoms with E-state index in [1.54, 1.807) is 0 Å². The molecule has 0 N–H and O–H groups in total. The predicted octanol–water partition coefficient (Wildman–Crippen LogP) is 2.63. The third-order valence-electron chi connectivity index (χ3n) is 0.820. The molecule has 1 aliphatic carbocycles. The fourth-order valence-corrected chi connectivity index (χ4v) is 0.772. The second-order valence-electron chi connectivity index (χ2n) is 1.36. The van der Waals surface area contributed by atoms with Crippen molar-refractivity contribution in [2.75, 3.05) is 0 Å². The second kappa shape index (κ2) is 3.71. The molecule has 0 bridgehead atoms. The zero-order valence-electron chi connectivity index (χ0n) is 4.03. The van der Waals surface area contributed by atoms with E-state index in [0.29, 0.717) is 5.03 Å². The van der Waals surface area contributed by atoms with Crippen LogP contribution in [-0.2, 0) is 21.1 Å². The number of hydrogen-bond donors (Lipinski definition) is 0. The number of rotatable bonds is 0. The van der Waals surface area contributed by atoms with Gasteiger partial charge in [0.2, 0.25) is 0 Å². The van der Waals surface area contributed by atoms with Gasteiger partial charge in [0.1, 0.15) is 0 Å². The number of allylic oxidation sites excluding steroid dienone is 4. The molecule has 0 saturated carbocycles. The van der Waals surface area contributed by atoms with Gasteiger partial charge in [-0.25, -0.2) is 0 Å². The summed E-state index contributed by atoms with van der Waals surface area (Å²) >= 11 is 11.1. The molecule has 0 fully saturated rings. The van der Waals surface area contributed by atoms with Crippen LogP contribution < -0.4 is 0 Å². The molecule has 0 radical (unpaired) electrons. The molecule has 8 heavy (non-hydrogen) atoms. The van der Waals surface area contributed by atoms with Gasteiger partial charge in [-0.2, -0.15) is 0 Å². The molecule has 0 aromatic rings. The van der Waals surface area contributed by atoms with Crippen molar-refractivity contribution in [3.05, 3.63) is 22.2 Å². The van der Waals surface area contributed by atoms with Gasteiger partial charge < -0.3 is 0 Å². The van der Waals surface area contributed by atoms with Crippen molar-refractivity contribution in [2.24, 2.45) is 0 Å². The van der Waals surface area contributed by atoms with Crippen molar-refractivity contribution in [1.82, 2.24) is 0 Å². The summed E-state index contributed by atoms with van der Waals surface area (Å²) in [4.78, 5) is 0. The Bertz CT molecular complexity index is 137. The van der Waals surface area contributed by atoms with Gasteiger partial charge in [-0.05, 0) is 6.08 Å². The van der Waals surface area contributed by atoms with Gasteiger partial charge in [0.15, 0.2) is 0 Å². The average Bonchev–Trinajstić information content (AvgIpc) is 1.91. The minimum Gasteiger partial charge on any atom is -0.0872 e. The molecule has 1 aliphatic rings. The molecule has 0 nitrogen and oxygen atoms in total. The summed E-state index contributed by atoms with van der Waals surface area (Å²) in [5.74, 6) is 0. The minimum absolute atomic E-state index is 0. The summed E-state index contributed by atoms with van der Waals surface area (Å²) in [7, 11) is 0. The molecule has 44 valence electrons. The van der Waals surface area contributed by atoms with Crippen LogP contribution in [0, 0.1) is 0 Å². The molecule has 0 unspecified atom stereocenters. The Morgan fingerprint density at radius 3 is 2.12 bits per heavy atom. The van der Waals surface area contributed by atoms with Crippen LogP contribution in [0.2, 0.25) is 0 Å². The first-order chi connectivity index (χ1) is 3.30. The SMILES string of the molecule is ClC1=C(Cl)CC=C1.[Mo]. The fourth-order valence-electron chi connectivity index (χ4n) is 0.454. The molecule has 0 aromatic carbocycles. The van der Waals surface area contributed by atoms with Crippen molar-refractivity contribution < 1.29 is 21.1 Å². The van der Waals surface area contributed by atoms with Crippen molar-refractivity contribution in [1.29, 1.82) is 0 Å². The van der Waals surface area contributed by atoms with Crippen LogP contribution in [-0.4, -0.2) is 0 Å². The molecule has 0 spiro atoms. The Morgan fingerprint density at radius 2 is 2.00 bits per heavy atom. The fraction of sp³-hybridized carbons (Fsp3) is 0.200. The van der Waals surface area contributed by atoms with Crippen LogP contribution in [0.1, 0.15) is 6.42 Å². The van der Waals surface area contributed by atoms with E-state index in [2.05, 4.69) is 0 Å². The average molecular weight is 231 g/mol. The van der Waals surface area contributed by atoms with E-state index in [-0.39, 0.29) is 21.1 Å². The molecular weight excluding hydrogens is 227 g/mol. The standard InChI is InChI=1S/C5H4Cl2.Mo/c6-4-2-1-3-5(4)7;/h1-2H,3H2;. The Labute approximate surface area is 72.8 Å². The van der Waals surface area contributed by atoms with Crippen LogP contribution in [0.5, 0.6) is 0 Å². The van der Waals surface area contributed by atoms with E-state index in [1.165, 1.54) is 0 Å². The van der Waals surface area contributed by atoms with Crippen molar-refractivity contribution in [3.8, 4) is 0 Å². The van der Waals surface area contributed by atoms with Crippen LogP contribution >= 0.6 is 23.2 Å². The molecule has 1 rings (SSSR count). The van der Waals surface area contributed by atoms with E-state index < -0.39 is 0 Å². The molecule has 3 heteroatoms. The van der Waals surface area contributed by atoms with Gasteiger partial charge in [-0.3, -0.25) is 0 Å². The summed E-state index contributed by atoms with van der Waals surface area (Å²) in [6, 6.07) is 0. The summed E-state index contributed by atoms with van der Waals surface area (Å²) < 4.78 is 0. The van der Waals surface area contributed by atoms with E-state index >= 15 is 0 Å². The maximum Gasteiger partial charge on any atom is 0.0551 e. The second-order valence-corrected chi connectivity index (χ2v) is 2.22. The van der Waals surface area contributed by atoms with Gasteiger partial charge in [-0.15, -0.1) is 0 Å². The Hall–Kier alpha value is 0.748. The topological polar surface area (TPSA) is 0 Å². The molecule has 0 atom stereocenters. The predicted molar refractivity (Wildman–Crippen MR) is 32.5 cm³/mol. The molecule has 0 heterocycles.